The molecule has 8 aromatic rings. The van der Waals surface area contributed by atoms with E-state index in [1.54, 1.807) is 31.2 Å². The Morgan fingerprint density at radius 1 is 0.277 bits per heavy atom. The number of carbonyl (C=O) groups is 8. The number of anilines is 4. The lowest BCUT2D eigenvalue weighted by Crippen LogP contribution is -2.34. The first-order valence-electron chi connectivity index (χ1n) is 53.1. The summed E-state index contributed by atoms with van der Waals surface area (Å²) in [5, 5.41) is 144. The molecule has 0 aliphatic carbocycles. The molecule has 4 saturated heterocycles. The molecule has 12 rings (SSSR count). The van der Waals surface area contributed by atoms with E-state index in [9.17, 15) is 99.6 Å². The lowest BCUT2D eigenvalue weighted by molar-refractivity contribution is -0.118. The number of amides is 4. The Morgan fingerprint density at radius 2 is 0.480 bits per heavy atom. The first kappa shape index (κ1) is 122. The maximum absolute atomic E-state index is 12.7. The van der Waals surface area contributed by atoms with Crippen molar-refractivity contribution in [2.24, 2.45) is 0 Å². The second-order valence-corrected chi connectivity index (χ2v) is 43.4. The Kier molecular flexibility index (Phi) is 54.0. The van der Waals surface area contributed by atoms with Gasteiger partial charge in [-0.15, -0.1) is 45.3 Å². The Labute approximate surface area is 886 Å². The van der Waals surface area contributed by atoms with Crippen molar-refractivity contribution in [2.45, 2.75) is 370 Å². The van der Waals surface area contributed by atoms with Crippen molar-refractivity contribution in [1.29, 1.82) is 0 Å². The number of aliphatic hydroxyl groups is 15. The van der Waals surface area contributed by atoms with Gasteiger partial charge < -0.3 is 115 Å². The molecule has 4 amide bonds. The number of carbonyl (C=O) groups excluding carboxylic acids is 8. The molecular formula is C113H158N4O27S4. The van der Waals surface area contributed by atoms with Gasteiger partial charge in [-0.05, 0) is 254 Å². The number of aliphatic hydroxyl groups excluding tert-OH is 15. The number of hydrogen-bond acceptors (Lipinski definition) is 31. The fourth-order valence-electron chi connectivity index (χ4n) is 18.5. The zero-order valence-electron chi connectivity index (χ0n) is 86.2. The maximum atomic E-state index is 12.7. The summed E-state index contributed by atoms with van der Waals surface area (Å²) in [4.78, 5) is 113. The molecule has 4 aliphatic rings. The Balaban J connectivity index is 0.000000219. The third kappa shape index (κ3) is 38.9. The van der Waals surface area contributed by atoms with Crippen LogP contribution in [0.2, 0.25) is 0 Å². The van der Waals surface area contributed by atoms with E-state index < -0.39 is 137 Å². The first-order valence-corrected chi connectivity index (χ1v) is 56.3. The maximum Gasteiger partial charge on any atom is 0.348 e. The van der Waals surface area contributed by atoms with Crippen LogP contribution in [0, 0.1) is 0 Å². The monoisotopic (exact) mass is 2130 g/mol. The molecule has 15 N–H and O–H groups in total. The molecule has 0 spiro atoms. The SMILES string of the molecule is CCCCC[C@H](O)c1ccc(N2C(=O)CC[C@@H]2CCCc2ccc(C(=O)OC[C@@H](O)[C@@H](O)CO)s2)cc1.CCCCC[C@H](O)c1ccc(N2C(=O)CC[C@@H]2CCCc2ccc(C(=O)OC[C@@H](O)[C@H](O)CO)s2)cc1.CCCCC[C@H](O)c1ccc(N2C(=O)CC[C@@H]2CCCc2ccc(C(=O)OC[C@H](O)[C@@H](O)CC)s2)cc1.CCCCC[C@H](O)c1ccc(N2C(=O)CC[C@@H]2CCCc2ccc(C(=O)OC[C@H](O)[C@H](O)CO)s2)cc1. The minimum absolute atomic E-state index is 0.121. The summed E-state index contributed by atoms with van der Waals surface area (Å²) in [5.74, 6) is -1.73. The van der Waals surface area contributed by atoms with Gasteiger partial charge in [0.2, 0.25) is 23.6 Å². The van der Waals surface area contributed by atoms with E-state index in [0.717, 1.165) is 270 Å². The van der Waals surface area contributed by atoms with E-state index in [1.165, 1.54) is 45.3 Å². The van der Waals surface area contributed by atoms with Crippen LogP contribution in [-0.4, -0.2) is 243 Å². The van der Waals surface area contributed by atoms with E-state index >= 15 is 0 Å². The third-order valence-corrected chi connectivity index (χ3v) is 31.9. The Hall–Kier alpha value is -9.16. The van der Waals surface area contributed by atoms with Gasteiger partial charge in [-0.3, -0.25) is 19.2 Å². The highest BCUT2D eigenvalue weighted by Gasteiger charge is 2.38. The zero-order chi connectivity index (χ0) is 107. The van der Waals surface area contributed by atoms with Crippen molar-refractivity contribution in [3.05, 3.63) is 207 Å². The van der Waals surface area contributed by atoms with Crippen LogP contribution < -0.4 is 19.6 Å². The molecule has 31 nitrogen and oxygen atoms in total. The summed E-state index contributed by atoms with van der Waals surface area (Å²) < 4.78 is 20.2. The molecule has 4 fully saturated rings. The molecule has 0 bridgehead atoms. The topological polar surface area (TPSA) is 490 Å². The van der Waals surface area contributed by atoms with Crippen LogP contribution in [0.15, 0.2) is 146 Å². The van der Waals surface area contributed by atoms with Crippen molar-refractivity contribution in [1.82, 2.24) is 0 Å². The highest BCUT2D eigenvalue weighted by atomic mass is 32.1. The van der Waals surface area contributed by atoms with Crippen molar-refractivity contribution in [2.75, 3.05) is 65.8 Å². The largest absolute Gasteiger partial charge is 0.459 e. The van der Waals surface area contributed by atoms with Gasteiger partial charge in [-0.1, -0.05) is 160 Å². The predicted molar refractivity (Wildman–Crippen MR) is 574 cm³/mol. The van der Waals surface area contributed by atoms with Crippen LogP contribution in [0.4, 0.5) is 22.7 Å². The summed E-state index contributed by atoms with van der Waals surface area (Å²) in [7, 11) is 0. The van der Waals surface area contributed by atoms with Crippen molar-refractivity contribution in [3.8, 4) is 0 Å². The number of thiophene rings is 4. The van der Waals surface area contributed by atoms with Gasteiger partial charge in [0, 0.05) is 92.1 Å². The summed E-state index contributed by atoms with van der Waals surface area (Å²) in [6.45, 7) is 7.08. The number of aryl methyl sites for hydroxylation is 4. The van der Waals surface area contributed by atoms with Gasteiger partial charge in [0.05, 0.1) is 50.3 Å². The number of benzene rings is 4. The fourth-order valence-corrected chi connectivity index (χ4v) is 22.3. The van der Waals surface area contributed by atoms with Gasteiger partial charge in [0.15, 0.2) is 0 Å². The minimum Gasteiger partial charge on any atom is -0.459 e. The lowest BCUT2D eigenvalue weighted by atomic mass is 10.0. The van der Waals surface area contributed by atoms with Crippen LogP contribution >= 0.6 is 45.3 Å². The van der Waals surface area contributed by atoms with Crippen molar-refractivity contribution >= 4 is 116 Å². The van der Waals surface area contributed by atoms with E-state index in [4.69, 9.17) is 34.3 Å². The Morgan fingerprint density at radius 3 is 0.669 bits per heavy atom. The third-order valence-electron chi connectivity index (χ3n) is 27.4. The normalized spacial score (nSPS) is 18.1. The molecule has 0 saturated carbocycles. The van der Waals surface area contributed by atoms with Crippen LogP contribution in [0.3, 0.4) is 0 Å². The van der Waals surface area contributed by atoms with Crippen LogP contribution in [0.5, 0.6) is 0 Å². The molecule has 16 atom stereocenters. The number of hydrogen-bond donors (Lipinski definition) is 15. The molecular weight excluding hydrogens is 1970 g/mol. The molecule has 4 aromatic carbocycles. The van der Waals surface area contributed by atoms with Gasteiger partial charge in [-0.2, -0.15) is 0 Å². The second kappa shape index (κ2) is 65.3. The van der Waals surface area contributed by atoms with E-state index in [2.05, 4.69) is 27.7 Å². The van der Waals surface area contributed by atoms with Gasteiger partial charge in [0.1, 0.15) is 88.7 Å². The molecule has 35 heteroatoms. The average Bonchev–Trinajstić information content (AvgIpc) is 1.68. The van der Waals surface area contributed by atoms with Crippen LogP contribution in [-0.2, 0) is 63.8 Å². The number of rotatable bonds is 60. The number of unbranched alkanes of at least 4 members (excludes halogenated alkanes) is 8. The average molecular weight is 2130 g/mol. The van der Waals surface area contributed by atoms with E-state index in [0.29, 0.717) is 51.6 Å². The summed E-state index contributed by atoms with van der Waals surface area (Å²) in [6, 6.07) is 45.7. The van der Waals surface area contributed by atoms with E-state index in [-0.39, 0.29) is 54.4 Å². The summed E-state index contributed by atoms with van der Waals surface area (Å²) in [5.41, 5.74) is 7.03. The highest BCUT2D eigenvalue weighted by Crippen LogP contribution is 2.39. The molecule has 148 heavy (non-hydrogen) atoms. The smallest absolute Gasteiger partial charge is 0.348 e. The predicted octanol–water partition coefficient (Wildman–Crippen LogP) is 16.4. The Bertz CT molecular complexity index is 4610. The molecule has 8 heterocycles. The van der Waals surface area contributed by atoms with Crippen LogP contribution in [0.25, 0.3) is 0 Å². The summed E-state index contributed by atoms with van der Waals surface area (Å²) >= 11 is 5.35. The molecule has 4 aliphatic heterocycles. The highest BCUT2D eigenvalue weighted by molar-refractivity contribution is 7.15. The minimum atomic E-state index is -1.35. The van der Waals surface area contributed by atoms with Gasteiger partial charge >= 0.3 is 23.9 Å². The number of esters is 4. The summed E-state index contributed by atoms with van der Waals surface area (Å²) in [6.07, 6.45) is 19.7. The number of nitrogens with zero attached hydrogens (tertiary/aromatic N) is 4. The lowest BCUT2D eigenvalue weighted by Gasteiger charge is -2.25. The molecule has 816 valence electrons. The fraction of sp³-hybridized carbons (Fsp3) is 0.575. The van der Waals surface area contributed by atoms with E-state index in [1.807, 2.05) is 141 Å². The molecule has 0 radical (unpaired) electrons. The standard InChI is InChI=1S/C29H41NO6S.3C28H39NO7S/c1-3-5-6-10-25(32)20-11-13-22(14-12-20)30-21(15-18-28(30)34)8-7-9-23-16-17-27(37-23)29(35)36-19-26(33)24(31)4-2;3*1-2-3-4-8-23(31)19-9-11-21(12-10-19)29-20(13-16-27(29)34)6-5-7-22-14-15-26(37-22)28(35)36-18-25(33)24(32)17-30/h11-14,16-17,21,24-26,31-33H,3-10,15,18-19H2,1-2H3;3*9-12,14-15,20,23-25,30-33H,2-8,13,16-18H2,1H3/t21-,24-,25-,26-;20-,23-,24+,25+;20-,23-,24+,25-;20-,23-,24-,25+/m0000/s1. The molecule has 4 aromatic heterocycles. The molecule has 0 unspecified atom stereocenters. The quantitative estimate of drug-likeness (QED) is 0.00956. The second-order valence-electron chi connectivity index (χ2n) is 38.8. The van der Waals surface area contributed by atoms with Gasteiger partial charge in [0.25, 0.3) is 0 Å². The zero-order valence-corrected chi connectivity index (χ0v) is 89.5. The van der Waals surface area contributed by atoms with Crippen LogP contribution in [0.1, 0.15) is 351 Å². The number of ether oxygens (including phenoxy) is 4. The van der Waals surface area contributed by atoms with Crippen molar-refractivity contribution < 1.29 is 134 Å². The first-order chi connectivity index (χ1) is 71.3. The van der Waals surface area contributed by atoms with Gasteiger partial charge in [-0.25, -0.2) is 19.2 Å². The van der Waals surface area contributed by atoms with Crippen molar-refractivity contribution in [3.63, 3.8) is 0 Å².